The largest absolute Gasteiger partial charge is 0.491 e. The van der Waals surface area contributed by atoms with Crippen molar-refractivity contribution in [2.24, 2.45) is 0 Å². The number of thiocarbonyl (C=S) groups is 1. The number of ether oxygens (including phenoxy) is 2. The van der Waals surface area contributed by atoms with Gasteiger partial charge in [-0.15, -0.1) is 0 Å². The third-order valence-corrected chi connectivity index (χ3v) is 3.87. The lowest BCUT2D eigenvalue weighted by molar-refractivity contribution is -0.383. The number of hydrogen-bond donors (Lipinski definition) is 2. The highest BCUT2D eigenvalue weighted by Gasteiger charge is 2.16. The molecule has 28 heavy (non-hydrogen) atoms. The third kappa shape index (κ3) is 6.45. The van der Waals surface area contributed by atoms with Gasteiger partial charge in [0.15, 0.2) is 5.11 Å². The quantitative estimate of drug-likeness (QED) is 0.288. The number of carbonyl (C=O) groups excluding carboxylic acids is 1. The van der Waals surface area contributed by atoms with E-state index in [-0.39, 0.29) is 21.5 Å². The summed E-state index contributed by atoms with van der Waals surface area (Å²) in [5.41, 5.74) is 0.185. The lowest BCUT2D eigenvalue weighted by Crippen LogP contribution is -2.34. The van der Waals surface area contributed by atoms with Crippen LogP contribution < -0.4 is 15.4 Å². The van der Waals surface area contributed by atoms with Crippen molar-refractivity contribution in [2.45, 2.75) is 6.92 Å². The van der Waals surface area contributed by atoms with Crippen LogP contribution in [0.1, 0.15) is 17.3 Å². The first kappa shape index (κ1) is 21.5. The molecule has 8 nitrogen and oxygen atoms in total. The van der Waals surface area contributed by atoms with Gasteiger partial charge in [0.25, 0.3) is 11.6 Å². The smallest absolute Gasteiger partial charge is 0.294 e. The summed E-state index contributed by atoms with van der Waals surface area (Å²) in [6, 6.07) is 10.6. The zero-order valence-electron chi connectivity index (χ0n) is 14.9. The van der Waals surface area contributed by atoms with E-state index in [9.17, 15) is 14.9 Å². The molecule has 0 atom stereocenters. The molecule has 2 rings (SSSR count). The molecule has 1 amide bonds. The van der Waals surface area contributed by atoms with Gasteiger partial charge in [-0.25, -0.2) is 0 Å². The fourth-order valence-corrected chi connectivity index (χ4v) is 2.55. The Bertz CT molecular complexity index is 878. The summed E-state index contributed by atoms with van der Waals surface area (Å²) >= 11 is 10.9. The van der Waals surface area contributed by atoms with E-state index in [1.54, 1.807) is 24.3 Å². The summed E-state index contributed by atoms with van der Waals surface area (Å²) in [6.07, 6.45) is 0. The van der Waals surface area contributed by atoms with Crippen molar-refractivity contribution in [3.05, 3.63) is 63.2 Å². The van der Waals surface area contributed by atoms with Crippen molar-refractivity contribution >= 4 is 46.2 Å². The monoisotopic (exact) mass is 423 g/mol. The maximum atomic E-state index is 12.4. The molecular weight excluding hydrogens is 406 g/mol. The Morgan fingerprint density at radius 3 is 2.75 bits per heavy atom. The van der Waals surface area contributed by atoms with E-state index in [0.717, 1.165) is 0 Å². The number of nitro groups is 1. The normalized spacial score (nSPS) is 10.2. The molecule has 2 aromatic rings. The fraction of sp³-hybridized carbons (Fsp3) is 0.222. The van der Waals surface area contributed by atoms with Gasteiger partial charge in [0, 0.05) is 23.3 Å². The van der Waals surface area contributed by atoms with Crippen molar-refractivity contribution < 1.29 is 19.2 Å². The van der Waals surface area contributed by atoms with Crippen LogP contribution in [0.2, 0.25) is 5.02 Å². The first-order valence-corrected chi connectivity index (χ1v) is 9.06. The molecule has 0 unspecified atom stereocenters. The molecule has 10 heteroatoms. The van der Waals surface area contributed by atoms with Gasteiger partial charge >= 0.3 is 0 Å². The average molecular weight is 424 g/mol. The van der Waals surface area contributed by atoms with Gasteiger partial charge in [-0.3, -0.25) is 20.2 Å². The molecule has 0 aliphatic carbocycles. The molecule has 0 saturated carbocycles. The van der Waals surface area contributed by atoms with Crippen LogP contribution >= 0.6 is 23.8 Å². The van der Waals surface area contributed by atoms with E-state index in [1.165, 1.54) is 18.2 Å². The second-order valence-corrected chi connectivity index (χ2v) is 6.24. The van der Waals surface area contributed by atoms with Crippen LogP contribution in [0.5, 0.6) is 5.75 Å². The molecule has 0 heterocycles. The molecule has 0 aliphatic heterocycles. The molecule has 2 aromatic carbocycles. The Balaban J connectivity index is 1.99. The minimum absolute atomic E-state index is 0.0851. The molecule has 0 radical (unpaired) electrons. The van der Waals surface area contributed by atoms with Gasteiger partial charge in [-0.1, -0.05) is 17.7 Å². The molecule has 0 aliphatic rings. The number of hydrogen-bond acceptors (Lipinski definition) is 6. The van der Waals surface area contributed by atoms with E-state index in [0.29, 0.717) is 31.1 Å². The predicted octanol–water partition coefficient (Wildman–Crippen LogP) is 3.79. The Morgan fingerprint density at radius 1 is 1.25 bits per heavy atom. The summed E-state index contributed by atoms with van der Waals surface area (Å²) in [5.74, 6) is 0.0314. The van der Waals surface area contributed by atoms with Crippen LogP contribution in [0.3, 0.4) is 0 Å². The molecule has 0 fully saturated rings. The highest BCUT2D eigenvalue weighted by Crippen LogP contribution is 2.27. The number of carbonyl (C=O) groups is 1. The second kappa shape index (κ2) is 10.5. The van der Waals surface area contributed by atoms with Crippen LogP contribution in [-0.2, 0) is 4.74 Å². The van der Waals surface area contributed by atoms with E-state index < -0.39 is 10.8 Å². The number of halogens is 1. The van der Waals surface area contributed by atoms with Gasteiger partial charge in [-0.2, -0.15) is 0 Å². The first-order chi connectivity index (χ1) is 13.4. The summed E-state index contributed by atoms with van der Waals surface area (Å²) in [5, 5.41) is 16.4. The van der Waals surface area contributed by atoms with Crippen LogP contribution in [0.15, 0.2) is 42.5 Å². The molecular formula is C18H18ClN3O5S. The molecule has 0 spiro atoms. The second-order valence-electron chi connectivity index (χ2n) is 5.40. The van der Waals surface area contributed by atoms with Crippen molar-refractivity contribution in [3.63, 3.8) is 0 Å². The highest BCUT2D eigenvalue weighted by atomic mass is 35.5. The van der Waals surface area contributed by atoms with E-state index >= 15 is 0 Å². The Labute approximate surface area is 171 Å². The zero-order valence-corrected chi connectivity index (χ0v) is 16.5. The van der Waals surface area contributed by atoms with Crippen LogP contribution in [0.25, 0.3) is 0 Å². The van der Waals surface area contributed by atoms with Gasteiger partial charge in [0.2, 0.25) is 0 Å². The van der Waals surface area contributed by atoms with Crippen LogP contribution in [0, 0.1) is 10.1 Å². The summed E-state index contributed by atoms with van der Waals surface area (Å²) in [4.78, 5) is 22.9. The van der Waals surface area contributed by atoms with Crippen molar-refractivity contribution in [1.82, 2.24) is 5.32 Å². The Kier molecular flexibility index (Phi) is 8.12. The van der Waals surface area contributed by atoms with Crippen molar-refractivity contribution in [1.29, 1.82) is 0 Å². The molecule has 0 aromatic heterocycles. The Hall–Kier alpha value is -2.75. The summed E-state index contributed by atoms with van der Waals surface area (Å²) in [7, 11) is 0. The topological polar surface area (TPSA) is 103 Å². The number of nitro benzene ring substituents is 1. The SMILES string of the molecule is CCOCCOc1cccc(C(=O)NC(=S)Nc2ccc(Cl)cc2[N+](=O)[O-])c1. The van der Waals surface area contributed by atoms with E-state index in [2.05, 4.69) is 10.6 Å². The lowest BCUT2D eigenvalue weighted by atomic mass is 10.2. The molecule has 148 valence electrons. The average Bonchev–Trinajstić information content (AvgIpc) is 2.66. The standard InChI is InChI=1S/C18H18ClN3O5S/c1-2-26-8-9-27-14-5-3-4-12(10-14)17(23)21-18(28)20-15-7-6-13(19)11-16(15)22(24)25/h3-7,10-11H,2,8-9H2,1H3,(H2,20,21,23,28). The van der Waals surface area contributed by atoms with Crippen molar-refractivity contribution in [2.75, 3.05) is 25.1 Å². The number of nitrogens with one attached hydrogen (secondary N) is 2. The highest BCUT2D eigenvalue weighted by molar-refractivity contribution is 7.80. The summed E-state index contributed by atoms with van der Waals surface area (Å²) < 4.78 is 10.7. The number of nitrogens with zero attached hydrogens (tertiary/aromatic N) is 1. The fourth-order valence-electron chi connectivity index (χ4n) is 2.18. The lowest BCUT2D eigenvalue weighted by Gasteiger charge is -2.11. The molecule has 0 bridgehead atoms. The number of amides is 1. The minimum atomic E-state index is -0.596. The van der Waals surface area contributed by atoms with Gasteiger partial charge in [0.1, 0.15) is 18.0 Å². The molecule has 2 N–H and O–H groups in total. The number of rotatable bonds is 8. The van der Waals surface area contributed by atoms with Gasteiger partial charge < -0.3 is 14.8 Å². The minimum Gasteiger partial charge on any atom is -0.491 e. The van der Waals surface area contributed by atoms with E-state index in [1.807, 2.05) is 6.92 Å². The number of anilines is 1. The van der Waals surface area contributed by atoms with Crippen LogP contribution in [-0.4, -0.2) is 35.8 Å². The first-order valence-electron chi connectivity index (χ1n) is 8.27. The van der Waals surface area contributed by atoms with Gasteiger partial charge in [-0.05, 0) is 49.5 Å². The zero-order chi connectivity index (χ0) is 20.5. The van der Waals surface area contributed by atoms with Gasteiger partial charge in [0.05, 0.1) is 11.5 Å². The maximum Gasteiger partial charge on any atom is 0.294 e. The number of benzene rings is 2. The summed E-state index contributed by atoms with van der Waals surface area (Å²) in [6.45, 7) is 3.29. The van der Waals surface area contributed by atoms with E-state index in [4.69, 9.17) is 33.3 Å². The maximum absolute atomic E-state index is 12.4. The third-order valence-electron chi connectivity index (χ3n) is 3.43. The Morgan fingerprint density at radius 2 is 2.04 bits per heavy atom. The predicted molar refractivity (Wildman–Crippen MR) is 110 cm³/mol. The van der Waals surface area contributed by atoms with Crippen molar-refractivity contribution in [3.8, 4) is 5.75 Å². The molecule has 0 saturated heterocycles. The van der Waals surface area contributed by atoms with Crippen LogP contribution in [0.4, 0.5) is 11.4 Å².